The lowest BCUT2D eigenvalue weighted by Gasteiger charge is -2.17. The van der Waals surface area contributed by atoms with Crippen LogP contribution in [0.15, 0.2) is 24.3 Å². The molecule has 1 aliphatic heterocycles. The predicted octanol–water partition coefficient (Wildman–Crippen LogP) is 5.03. The molecule has 1 unspecified atom stereocenters. The van der Waals surface area contributed by atoms with E-state index in [4.69, 9.17) is 27.9 Å². The van der Waals surface area contributed by atoms with Crippen molar-refractivity contribution in [2.24, 2.45) is 0 Å². The molecule has 4 rings (SSSR count). The maximum atomic E-state index is 11.4. The monoisotopic (exact) mass is 392 g/mol. The third kappa shape index (κ3) is 2.44. The normalized spacial score (nSPS) is 19.0. The van der Waals surface area contributed by atoms with Gasteiger partial charge in [-0.25, -0.2) is 0 Å². The van der Waals surface area contributed by atoms with Gasteiger partial charge in [-0.3, -0.25) is 10.1 Å². The van der Waals surface area contributed by atoms with Gasteiger partial charge in [-0.1, -0.05) is 23.2 Å². The molecule has 0 amide bonds. The summed E-state index contributed by atoms with van der Waals surface area (Å²) in [6.45, 7) is 1.93. The Morgan fingerprint density at radius 2 is 1.96 bits per heavy atom. The lowest BCUT2D eigenvalue weighted by Crippen LogP contribution is -2.28. The number of halogens is 2. The molecule has 8 heteroatoms. The molecule has 26 heavy (non-hydrogen) atoms. The lowest BCUT2D eigenvalue weighted by molar-refractivity contribution is -0.384. The highest BCUT2D eigenvalue weighted by Crippen LogP contribution is 2.59. The summed E-state index contributed by atoms with van der Waals surface area (Å²) >= 11 is 12.3. The first-order valence-electron chi connectivity index (χ1n) is 8.04. The Morgan fingerprint density at radius 3 is 2.50 bits per heavy atom. The van der Waals surface area contributed by atoms with Crippen LogP contribution in [-0.2, 0) is 10.2 Å². The molecule has 0 saturated heterocycles. The van der Waals surface area contributed by atoms with Crippen molar-refractivity contribution in [2.75, 3.05) is 5.32 Å². The van der Waals surface area contributed by atoms with Crippen molar-refractivity contribution in [1.29, 1.82) is 0 Å². The number of ether oxygens (including phenoxy) is 1. The Labute approximate surface area is 159 Å². The van der Waals surface area contributed by atoms with E-state index >= 15 is 0 Å². The largest absolute Gasteiger partial charge is 0.454 e. The predicted molar refractivity (Wildman–Crippen MR) is 98.8 cm³/mol. The zero-order valence-corrected chi connectivity index (χ0v) is 15.2. The molecule has 2 aliphatic rings. The first-order valence-corrected chi connectivity index (χ1v) is 8.80. The molecule has 1 heterocycles. The van der Waals surface area contributed by atoms with Crippen LogP contribution in [-0.4, -0.2) is 17.3 Å². The molecule has 1 aliphatic carbocycles. The average molecular weight is 393 g/mol. The van der Waals surface area contributed by atoms with Gasteiger partial charge in [0.1, 0.15) is 12.0 Å². The van der Waals surface area contributed by atoms with Crippen LogP contribution in [0.2, 0.25) is 10.0 Å². The number of benzene rings is 2. The quantitative estimate of drug-likeness (QED) is 0.448. The summed E-state index contributed by atoms with van der Waals surface area (Å²) in [4.78, 5) is 21.8. The second kappa shape index (κ2) is 5.86. The van der Waals surface area contributed by atoms with Gasteiger partial charge in [0.15, 0.2) is 5.75 Å². The van der Waals surface area contributed by atoms with E-state index < -0.39 is 4.92 Å². The number of nitro groups is 1. The van der Waals surface area contributed by atoms with E-state index in [-0.39, 0.29) is 32.9 Å². The van der Waals surface area contributed by atoms with Crippen molar-refractivity contribution >= 4 is 40.9 Å². The SMILES string of the molecule is Cc1c(Oc2c(Cl)cc([N+](=O)[O-])cc2Cl)ccc2c1C1(CC1)C(C=O)N2. The van der Waals surface area contributed by atoms with Crippen molar-refractivity contribution in [3.05, 3.63) is 55.6 Å². The van der Waals surface area contributed by atoms with E-state index in [1.807, 2.05) is 13.0 Å². The number of hydrogen-bond acceptors (Lipinski definition) is 5. The summed E-state index contributed by atoms with van der Waals surface area (Å²) in [5.41, 5.74) is 2.56. The third-order valence-electron chi connectivity index (χ3n) is 5.15. The molecule has 6 nitrogen and oxygen atoms in total. The fraction of sp³-hybridized carbons (Fsp3) is 0.278. The number of fused-ring (bicyclic) bond motifs is 2. The van der Waals surface area contributed by atoms with E-state index in [1.165, 1.54) is 12.1 Å². The minimum Gasteiger partial charge on any atom is -0.454 e. The van der Waals surface area contributed by atoms with E-state index in [1.54, 1.807) is 6.07 Å². The molecule has 1 fully saturated rings. The standard InChI is InChI=1S/C18H14Cl2N2O4/c1-9-14(26-17-11(19)6-10(22(24)25)7-12(17)20)3-2-13-16(9)18(4-5-18)15(8-23)21-13/h2-3,6-8,15,21H,4-5H2,1H3. The Kier molecular flexibility index (Phi) is 3.86. The summed E-state index contributed by atoms with van der Waals surface area (Å²) in [6, 6.07) is 5.83. The van der Waals surface area contributed by atoms with E-state index in [2.05, 4.69) is 5.32 Å². The van der Waals surface area contributed by atoms with Crippen LogP contribution in [0.4, 0.5) is 11.4 Å². The van der Waals surface area contributed by atoms with Crippen LogP contribution < -0.4 is 10.1 Å². The highest BCUT2D eigenvalue weighted by atomic mass is 35.5. The van der Waals surface area contributed by atoms with Gasteiger partial charge in [0, 0.05) is 23.2 Å². The number of nitro benzene ring substituents is 1. The summed E-state index contributed by atoms with van der Waals surface area (Å²) in [7, 11) is 0. The second-order valence-corrected chi connectivity index (χ2v) is 7.44. The van der Waals surface area contributed by atoms with Gasteiger partial charge in [-0.05, 0) is 43.0 Å². The molecule has 1 atom stereocenters. The first kappa shape index (κ1) is 17.1. The molecule has 0 bridgehead atoms. The molecular weight excluding hydrogens is 379 g/mol. The van der Waals surface area contributed by atoms with Crippen molar-refractivity contribution < 1.29 is 14.5 Å². The molecule has 2 aromatic carbocycles. The average Bonchev–Trinajstić information content (AvgIpc) is 3.30. The van der Waals surface area contributed by atoms with Crippen LogP contribution in [0.25, 0.3) is 0 Å². The number of carbonyl (C=O) groups excluding carboxylic acids is 1. The van der Waals surface area contributed by atoms with Gasteiger partial charge in [-0.15, -0.1) is 0 Å². The number of aldehydes is 1. The highest BCUT2D eigenvalue weighted by molar-refractivity contribution is 6.37. The van der Waals surface area contributed by atoms with Crippen LogP contribution >= 0.6 is 23.2 Å². The van der Waals surface area contributed by atoms with Gasteiger partial charge in [0.05, 0.1) is 21.0 Å². The smallest absolute Gasteiger partial charge is 0.272 e. The van der Waals surface area contributed by atoms with Gasteiger partial charge >= 0.3 is 0 Å². The van der Waals surface area contributed by atoms with Crippen molar-refractivity contribution in [2.45, 2.75) is 31.2 Å². The third-order valence-corrected chi connectivity index (χ3v) is 5.71. The Bertz CT molecular complexity index is 933. The molecule has 2 aromatic rings. The minimum absolute atomic E-state index is 0.0640. The number of carbonyl (C=O) groups is 1. The van der Waals surface area contributed by atoms with Crippen molar-refractivity contribution in [1.82, 2.24) is 0 Å². The molecule has 0 radical (unpaired) electrons. The van der Waals surface area contributed by atoms with Crippen molar-refractivity contribution in [3.63, 3.8) is 0 Å². The fourth-order valence-electron chi connectivity index (χ4n) is 3.75. The van der Waals surface area contributed by atoms with E-state index in [0.717, 1.165) is 35.9 Å². The Hall–Kier alpha value is -2.31. The molecule has 1 saturated carbocycles. The molecular formula is C18H14Cl2N2O4. The summed E-state index contributed by atoms with van der Waals surface area (Å²) in [6.07, 6.45) is 2.84. The maximum absolute atomic E-state index is 11.4. The maximum Gasteiger partial charge on any atom is 0.272 e. The zero-order valence-electron chi connectivity index (χ0n) is 13.7. The van der Waals surface area contributed by atoms with Crippen LogP contribution in [0, 0.1) is 17.0 Å². The molecule has 1 spiro atoms. The minimum atomic E-state index is -0.565. The molecule has 134 valence electrons. The number of non-ortho nitro benzene ring substituents is 1. The van der Waals surface area contributed by atoms with Crippen LogP contribution in [0.1, 0.15) is 24.0 Å². The summed E-state index contributed by atoms with van der Waals surface area (Å²) < 4.78 is 5.92. The number of nitrogens with zero attached hydrogens (tertiary/aromatic N) is 1. The van der Waals surface area contributed by atoms with Gasteiger partial charge in [0.25, 0.3) is 5.69 Å². The van der Waals surface area contributed by atoms with E-state index in [9.17, 15) is 14.9 Å². The Morgan fingerprint density at radius 1 is 1.31 bits per heavy atom. The topological polar surface area (TPSA) is 81.5 Å². The van der Waals surface area contributed by atoms with Crippen molar-refractivity contribution in [3.8, 4) is 11.5 Å². The zero-order chi connectivity index (χ0) is 18.6. The highest BCUT2D eigenvalue weighted by Gasteiger charge is 2.56. The molecule has 0 aromatic heterocycles. The van der Waals surface area contributed by atoms with E-state index in [0.29, 0.717) is 5.75 Å². The second-order valence-electron chi connectivity index (χ2n) is 6.62. The fourth-order valence-corrected chi connectivity index (χ4v) is 4.30. The van der Waals surface area contributed by atoms with Gasteiger partial charge in [0.2, 0.25) is 0 Å². The van der Waals surface area contributed by atoms with Crippen LogP contribution in [0.3, 0.4) is 0 Å². The summed E-state index contributed by atoms with van der Waals surface area (Å²) in [5.74, 6) is 0.728. The van der Waals surface area contributed by atoms with Gasteiger partial charge in [-0.2, -0.15) is 0 Å². The number of rotatable bonds is 4. The molecule has 1 N–H and O–H groups in total. The summed E-state index contributed by atoms with van der Waals surface area (Å²) in [5, 5.41) is 14.3. The first-order chi connectivity index (χ1) is 12.4. The van der Waals surface area contributed by atoms with Crippen LogP contribution in [0.5, 0.6) is 11.5 Å². The lowest BCUT2D eigenvalue weighted by atomic mass is 9.89. The number of anilines is 1. The number of nitrogens with one attached hydrogen (secondary N) is 1. The number of hydrogen-bond donors (Lipinski definition) is 1. The Balaban J connectivity index is 1.74. The van der Waals surface area contributed by atoms with Gasteiger partial charge < -0.3 is 14.8 Å².